The molecule has 6 heteroatoms. The molecule has 2 atom stereocenters. The Hall–Kier alpha value is -2.55. The van der Waals surface area contributed by atoms with Crippen molar-refractivity contribution in [1.82, 2.24) is 19.9 Å². The summed E-state index contributed by atoms with van der Waals surface area (Å²) in [5.74, 6) is 8.35. The normalized spacial score (nSPS) is 22.4. The van der Waals surface area contributed by atoms with Crippen molar-refractivity contribution in [3.8, 4) is 11.8 Å². The van der Waals surface area contributed by atoms with Crippen molar-refractivity contribution in [1.29, 1.82) is 0 Å². The van der Waals surface area contributed by atoms with E-state index in [-0.39, 0.29) is 18.1 Å². The van der Waals surface area contributed by atoms with Crippen molar-refractivity contribution < 1.29 is 9.53 Å². The molecule has 1 N–H and O–H groups in total. The lowest BCUT2D eigenvalue weighted by Crippen LogP contribution is -2.41. The van der Waals surface area contributed by atoms with Crippen molar-refractivity contribution in [3.05, 3.63) is 29.7 Å². The zero-order valence-corrected chi connectivity index (χ0v) is 16.9. The summed E-state index contributed by atoms with van der Waals surface area (Å²) in [5, 5.41) is 11.8. The number of nitrogens with zero attached hydrogens (tertiary/aromatic N) is 3. The quantitative estimate of drug-likeness (QED) is 0.799. The molecule has 2 saturated carbocycles. The maximum absolute atomic E-state index is 12.1. The average molecular weight is 380 g/mol. The number of ether oxygens (including phenoxy) is 1. The van der Waals surface area contributed by atoms with Crippen LogP contribution in [0.1, 0.15) is 76.6 Å². The summed E-state index contributed by atoms with van der Waals surface area (Å²) in [6.45, 7) is 5.63. The SMILES string of the molecule is CC(C)(C)OC(=O)N[C@@H]1CCC[C@H](c2nnc3cc(C#CC4CC4)ccn23)C1. The minimum absolute atomic E-state index is 0.102. The lowest BCUT2D eigenvalue weighted by molar-refractivity contribution is 0.0490. The first-order valence-electron chi connectivity index (χ1n) is 10.2. The number of hydrogen-bond acceptors (Lipinski definition) is 4. The van der Waals surface area contributed by atoms with E-state index >= 15 is 0 Å². The van der Waals surface area contributed by atoms with Gasteiger partial charge in [-0.15, -0.1) is 10.2 Å². The van der Waals surface area contributed by atoms with Crippen LogP contribution < -0.4 is 5.32 Å². The molecule has 0 radical (unpaired) electrons. The maximum atomic E-state index is 12.1. The number of rotatable bonds is 2. The molecule has 2 aromatic rings. The smallest absolute Gasteiger partial charge is 0.407 e. The number of carbonyl (C=O) groups excluding carboxylic acids is 1. The fourth-order valence-corrected chi connectivity index (χ4v) is 3.71. The van der Waals surface area contributed by atoms with Crippen molar-refractivity contribution in [2.45, 2.75) is 76.9 Å². The first-order valence-corrected chi connectivity index (χ1v) is 10.2. The fraction of sp³-hybridized carbons (Fsp3) is 0.591. The highest BCUT2D eigenvalue weighted by atomic mass is 16.6. The molecule has 4 rings (SSSR count). The first kappa shape index (κ1) is 18.8. The van der Waals surface area contributed by atoms with E-state index in [1.807, 2.05) is 39.1 Å². The molecule has 0 aliphatic heterocycles. The van der Waals surface area contributed by atoms with E-state index in [0.29, 0.717) is 5.92 Å². The molecule has 1 amide bonds. The van der Waals surface area contributed by atoms with Gasteiger partial charge >= 0.3 is 6.09 Å². The standard InChI is InChI=1S/C22H28N4O2/c1-22(2,3)28-21(27)23-18-6-4-5-17(14-18)20-25-24-19-13-16(11-12-26(19)20)10-9-15-7-8-15/h11-13,15,17-18H,4-8,14H2,1-3H3,(H,23,27)/t17-,18+/m0/s1. The van der Waals surface area contributed by atoms with Crippen LogP contribution in [0.25, 0.3) is 5.65 Å². The second-order valence-corrected chi connectivity index (χ2v) is 8.95. The molecule has 0 unspecified atom stereocenters. The van der Waals surface area contributed by atoms with E-state index in [1.54, 1.807) is 0 Å². The zero-order valence-electron chi connectivity index (χ0n) is 16.9. The van der Waals surface area contributed by atoms with Gasteiger partial charge in [0.2, 0.25) is 0 Å². The molecule has 6 nitrogen and oxygen atoms in total. The predicted molar refractivity (Wildman–Crippen MR) is 107 cm³/mol. The summed E-state index contributed by atoms with van der Waals surface area (Å²) in [6.07, 6.45) is 8.04. The fourth-order valence-electron chi connectivity index (χ4n) is 3.71. The van der Waals surface area contributed by atoms with Gasteiger partial charge < -0.3 is 10.1 Å². The van der Waals surface area contributed by atoms with E-state index < -0.39 is 5.60 Å². The zero-order chi connectivity index (χ0) is 19.7. The molecule has 0 saturated heterocycles. The van der Waals surface area contributed by atoms with Gasteiger partial charge in [-0.05, 0) is 65.0 Å². The molecule has 2 aliphatic rings. The Morgan fingerprint density at radius 1 is 1.25 bits per heavy atom. The average Bonchev–Trinajstić information content (AvgIpc) is 3.36. The molecular formula is C22H28N4O2. The number of fused-ring (bicyclic) bond motifs is 1. The summed E-state index contributed by atoms with van der Waals surface area (Å²) < 4.78 is 7.46. The van der Waals surface area contributed by atoms with Gasteiger partial charge in [-0.25, -0.2) is 4.79 Å². The molecule has 28 heavy (non-hydrogen) atoms. The molecule has 2 aromatic heterocycles. The Balaban J connectivity index is 1.45. The number of carbonyl (C=O) groups is 1. The third kappa shape index (κ3) is 4.64. The van der Waals surface area contributed by atoms with Gasteiger partial charge in [-0.1, -0.05) is 18.3 Å². The molecule has 0 aromatic carbocycles. The van der Waals surface area contributed by atoms with Gasteiger partial charge in [0.05, 0.1) is 0 Å². The van der Waals surface area contributed by atoms with Crippen LogP contribution in [0.5, 0.6) is 0 Å². The van der Waals surface area contributed by atoms with Crippen LogP contribution in [0.15, 0.2) is 18.3 Å². The number of amides is 1. The maximum Gasteiger partial charge on any atom is 0.407 e. The lowest BCUT2D eigenvalue weighted by atomic mass is 9.85. The van der Waals surface area contributed by atoms with Crippen molar-refractivity contribution in [2.75, 3.05) is 0 Å². The van der Waals surface area contributed by atoms with Crippen LogP contribution in [0.3, 0.4) is 0 Å². The molecule has 2 heterocycles. The number of nitrogens with one attached hydrogen (secondary N) is 1. The van der Waals surface area contributed by atoms with Crippen LogP contribution >= 0.6 is 0 Å². The monoisotopic (exact) mass is 380 g/mol. The summed E-state index contributed by atoms with van der Waals surface area (Å²) in [7, 11) is 0. The number of alkyl carbamates (subject to hydrolysis) is 1. The lowest BCUT2D eigenvalue weighted by Gasteiger charge is -2.29. The van der Waals surface area contributed by atoms with E-state index in [2.05, 4.69) is 31.8 Å². The minimum atomic E-state index is -0.485. The largest absolute Gasteiger partial charge is 0.444 e. The molecule has 0 bridgehead atoms. The number of aromatic nitrogens is 3. The summed E-state index contributed by atoms with van der Waals surface area (Å²) in [5.41, 5.74) is 1.34. The van der Waals surface area contributed by atoms with Gasteiger partial charge in [0, 0.05) is 29.6 Å². The van der Waals surface area contributed by atoms with Gasteiger partial charge in [-0.3, -0.25) is 4.40 Å². The summed E-state index contributed by atoms with van der Waals surface area (Å²) in [6, 6.07) is 4.14. The molecule has 0 spiro atoms. The highest BCUT2D eigenvalue weighted by Gasteiger charge is 2.29. The van der Waals surface area contributed by atoms with Crippen LogP contribution in [-0.4, -0.2) is 32.3 Å². The van der Waals surface area contributed by atoms with Gasteiger partial charge in [0.25, 0.3) is 0 Å². The molecule has 148 valence electrons. The Morgan fingerprint density at radius 2 is 2.07 bits per heavy atom. The Morgan fingerprint density at radius 3 is 2.82 bits per heavy atom. The first-order chi connectivity index (χ1) is 13.4. The van der Waals surface area contributed by atoms with E-state index in [4.69, 9.17) is 4.74 Å². The summed E-state index contributed by atoms with van der Waals surface area (Å²) >= 11 is 0. The minimum Gasteiger partial charge on any atom is -0.444 e. The predicted octanol–water partition coefficient (Wildman–Crippen LogP) is 4.04. The number of hydrogen-bond donors (Lipinski definition) is 1. The van der Waals surface area contributed by atoms with Crippen molar-refractivity contribution in [2.24, 2.45) is 5.92 Å². The van der Waals surface area contributed by atoms with Crippen LogP contribution in [0, 0.1) is 17.8 Å². The molecule has 2 fully saturated rings. The van der Waals surface area contributed by atoms with Crippen molar-refractivity contribution in [3.63, 3.8) is 0 Å². The van der Waals surface area contributed by atoms with Gasteiger partial charge in [0.1, 0.15) is 11.4 Å². The van der Waals surface area contributed by atoms with Crippen LogP contribution in [0.2, 0.25) is 0 Å². The Kier molecular flexibility index (Phi) is 5.01. The number of pyridine rings is 1. The second-order valence-electron chi connectivity index (χ2n) is 8.95. The van der Waals surface area contributed by atoms with E-state index in [0.717, 1.165) is 42.7 Å². The summed E-state index contributed by atoms with van der Waals surface area (Å²) in [4.78, 5) is 12.1. The Bertz CT molecular complexity index is 927. The third-order valence-corrected chi connectivity index (χ3v) is 5.19. The van der Waals surface area contributed by atoms with E-state index in [1.165, 1.54) is 12.8 Å². The van der Waals surface area contributed by atoms with Crippen molar-refractivity contribution >= 4 is 11.7 Å². The van der Waals surface area contributed by atoms with Crippen LogP contribution in [-0.2, 0) is 4.74 Å². The third-order valence-electron chi connectivity index (χ3n) is 5.19. The van der Waals surface area contributed by atoms with E-state index in [9.17, 15) is 4.79 Å². The van der Waals surface area contributed by atoms with Crippen LogP contribution in [0.4, 0.5) is 4.79 Å². The molecule has 2 aliphatic carbocycles. The second kappa shape index (κ2) is 7.46. The van der Waals surface area contributed by atoms with Gasteiger partial charge in [0.15, 0.2) is 5.65 Å². The topological polar surface area (TPSA) is 68.5 Å². The Labute approximate surface area is 166 Å². The highest BCUT2D eigenvalue weighted by Crippen LogP contribution is 2.32. The molecular weight excluding hydrogens is 352 g/mol. The van der Waals surface area contributed by atoms with Gasteiger partial charge in [-0.2, -0.15) is 0 Å². The highest BCUT2D eigenvalue weighted by molar-refractivity contribution is 5.68.